The van der Waals surface area contributed by atoms with Crippen LogP contribution in [0.3, 0.4) is 0 Å². The molecular weight excluding hydrogens is 364 g/mol. The Morgan fingerprint density at radius 3 is 2.69 bits per heavy atom. The average molecular weight is 392 g/mol. The molecule has 1 saturated heterocycles. The number of anilines is 1. The summed E-state index contributed by atoms with van der Waals surface area (Å²) in [5.74, 6) is 2.51. The predicted octanol–water partition coefficient (Wildman–Crippen LogP) is 3.62. The molecule has 29 heavy (non-hydrogen) atoms. The van der Waals surface area contributed by atoms with Crippen molar-refractivity contribution in [1.29, 1.82) is 0 Å². The topological polar surface area (TPSA) is 42.0 Å². The number of hydrogen-bond donors (Lipinski definition) is 0. The molecule has 1 fully saturated rings. The first-order chi connectivity index (χ1) is 14.3. The lowest BCUT2D eigenvalue weighted by Crippen LogP contribution is -2.49. The Kier molecular flexibility index (Phi) is 5.04. The summed E-state index contributed by atoms with van der Waals surface area (Å²) in [5.41, 5.74) is 4.01. The molecule has 0 spiro atoms. The van der Waals surface area contributed by atoms with Gasteiger partial charge in [0.2, 0.25) is 5.91 Å². The number of hydrogen-bond acceptors (Lipinski definition) is 4. The predicted molar refractivity (Wildman–Crippen MR) is 113 cm³/mol. The van der Waals surface area contributed by atoms with Gasteiger partial charge in [-0.3, -0.25) is 4.79 Å². The van der Waals surface area contributed by atoms with Crippen LogP contribution in [-0.4, -0.2) is 50.2 Å². The van der Waals surface area contributed by atoms with Crippen molar-refractivity contribution >= 4 is 11.6 Å². The van der Waals surface area contributed by atoms with Gasteiger partial charge in [-0.15, -0.1) is 0 Å². The summed E-state index contributed by atoms with van der Waals surface area (Å²) >= 11 is 0. The number of rotatable bonds is 4. The number of carbonyl (C=O) groups is 1. The lowest BCUT2D eigenvalue weighted by Gasteiger charge is -2.37. The van der Waals surface area contributed by atoms with Crippen LogP contribution in [0, 0.1) is 0 Å². The zero-order valence-electron chi connectivity index (χ0n) is 16.8. The van der Waals surface area contributed by atoms with Crippen LogP contribution in [0.15, 0.2) is 42.5 Å². The summed E-state index contributed by atoms with van der Waals surface area (Å²) < 4.78 is 11.6. The third-order valence-electron chi connectivity index (χ3n) is 6.48. The number of aryl methyl sites for hydroxylation is 1. The minimum Gasteiger partial charge on any atom is -0.486 e. The van der Waals surface area contributed by atoms with Gasteiger partial charge in [-0.1, -0.05) is 30.3 Å². The first-order valence-electron chi connectivity index (χ1n) is 10.8. The first kappa shape index (κ1) is 18.3. The van der Waals surface area contributed by atoms with E-state index in [1.54, 1.807) is 0 Å². The van der Waals surface area contributed by atoms with Crippen LogP contribution in [0.2, 0.25) is 0 Å². The number of carbonyl (C=O) groups excluding carboxylic acids is 1. The second-order valence-corrected chi connectivity index (χ2v) is 8.14. The highest BCUT2D eigenvalue weighted by molar-refractivity contribution is 5.77. The summed E-state index contributed by atoms with van der Waals surface area (Å²) in [4.78, 5) is 17.1. The molecule has 0 saturated carbocycles. The average Bonchev–Trinajstić information content (AvgIpc) is 3.20. The molecular formula is C24H28N2O3. The van der Waals surface area contributed by atoms with Crippen molar-refractivity contribution < 1.29 is 14.3 Å². The van der Waals surface area contributed by atoms with E-state index in [2.05, 4.69) is 35.2 Å². The molecule has 0 N–H and O–H groups in total. The largest absolute Gasteiger partial charge is 0.486 e. The van der Waals surface area contributed by atoms with Gasteiger partial charge in [0.1, 0.15) is 13.2 Å². The van der Waals surface area contributed by atoms with E-state index in [0.29, 0.717) is 31.5 Å². The number of ether oxygens (including phenoxy) is 2. The molecule has 2 aromatic rings. The third kappa shape index (κ3) is 3.66. The molecule has 1 unspecified atom stereocenters. The maximum Gasteiger partial charge on any atom is 0.222 e. The first-order valence-corrected chi connectivity index (χ1v) is 10.8. The molecule has 152 valence electrons. The van der Waals surface area contributed by atoms with Gasteiger partial charge in [0, 0.05) is 32.6 Å². The van der Waals surface area contributed by atoms with Gasteiger partial charge < -0.3 is 19.3 Å². The Morgan fingerprint density at radius 1 is 0.966 bits per heavy atom. The van der Waals surface area contributed by atoms with Gasteiger partial charge in [0.05, 0.1) is 5.69 Å². The van der Waals surface area contributed by atoms with Gasteiger partial charge in [-0.05, 0) is 48.4 Å². The van der Waals surface area contributed by atoms with Crippen molar-refractivity contribution in [3.63, 3.8) is 0 Å². The van der Waals surface area contributed by atoms with E-state index >= 15 is 0 Å². The standard InChI is InChI=1S/C24H28N2O3/c27-23(11-10-19-9-8-18-4-1-2-5-20(18)19)26-14-12-25(13-15-26)21-6-3-7-22-24(21)29-17-16-28-22/h1-7,19H,8-17H2. The van der Waals surface area contributed by atoms with Crippen molar-refractivity contribution in [2.45, 2.75) is 31.6 Å². The molecule has 5 nitrogen and oxygen atoms in total. The summed E-state index contributed by atoms with van der Waals surface area (Å²) in [6.45, 7) is 4.39. The second kappa shape index (κ2) is 7.97. The van der Waals surface area contributed by atoms with E-state index in [9.17, 15) is 4.79 Å². The van der Waals surface area contributed by atoms with Gasteiger partial charge in [-0.2, -0.15) is 0 Å². The lowest BCUT2D eigenvalue weighted by atomic mass is 9.96. The van der Waals surface area contributed by atoms with Crippen LogP contribution >= 0.6 is 0 Å². The molecule has 5 rings (SSSR count). The van der Waals surface area contributed by atoms with E-state index in [-0.39, 0.29) is 0 Å². The van der Waals surface area contributed by atoms with Gasteiger partial charge in [0.15, 0.2) is 11.5 Å². The smallest absolute Gasteiger partial charge is 0.222 e. The highest BCUT2D eigenvalue weighted by atomic mass is 16.6. The number of piperazine rings is 1. The minimum absolute atomic E-state index is 0.295. The molecule has 0 radical (unpaired) electrons. The molecule has 3 aliphatic rings. The highest BCUT2D eigenvalue weighted by Gasteiger charge is 2.27. The van der Waals surface area contributed by atoms with E-state index in [1.807, 2.05) is 17.0 Å². The lowest BCUT2D eigenvalue weighted by molar-refractivity contribution is -0.131. The molecule has 2 heterocycles. The maximum atomic E-state index is 12.8. The van der Waals surface area contributed by atoms with Crippen LogP contribution in [0.25, 0.3) is 0 Å². The SMILES string of the molecule is O=C(CCC1CCc2ccccc21)N1CCN(c2cccc3c2OCCO3)CC1. The minimum atomic E-state index is 0.295. The van der Waals surface area contributed by atoms with E-state index in [1.165, 1.54) is 17.5 Å². The van der Waals surface area contributed by atoms with Crippen molar-refractivity contribution in [3.8, 4) is 11.5 Å². The Bertz CT molecular complexity index is 889. The van der Waals surface area contributed by atoms with Crippen LogP contribution in [0.5, 0.6) is 11.5 Å². The number of nitrogens with zero attached hydrogens (tertiary/aromatic N) is 2. The monoisotopic (exact) mass is 392 g/mol. The van der Waals surface area contributed by atoms with Gasteiger partial charge >= 0.3 is 0 Å². The molecule has 1 amide bonds. The van der Waals surface area contributed by atoms with Gasteiger partial charge in [0.25, 0.3) is 0 Å². The summed E-state index contributed by atoms with van der Waals surface area (Å²) in [5, 5.41) is 0. The zero-order valence-corrected chi connectivity index (χ0v) is 16.8. The fourth-order valence-corrected chi connectivity index (χ4v) is 4.91. The molecule has 2 aliphatic heterocycles. The molecule has 5 heteroatoms. The van der Waals surface area contributed by atoms with Crippen molar-refractivity contribution in [1.82, 2.24) is 4.90 Å². The van der Waals surface area contributed by atoms with Crippen LogP contribution < -0.4 is 14.4 Å². The second-order valence-electron chi connectivity index (χ2n) is 8.14. The quantitative estimate of drug-likeness (QED) is 0.797. The number of para-hydroxylation sites is 1. The molecule has 0 bridgehead atoms. The van der Waals surface area contributed by atoms with Crippen molar-refractivity contribution in [3.05, 3.63) is 53.6 Å². The number of fused-ring (bicyclic) bond motifs is 2. The third-order valence-corrected chi connectivity index (χ3v) is 6.48. The van der Waals surface area contributed by atoms with Gasteiger partial charge in [-0.25, -0.2) is 0 Å². The van der Waals surface area contributed by atoms with Crippen LogP contribution in [0.1, 0.15) is 36.3 Å². The number of benzene rings is 2. The summed E-state index contributed by atoms with van der Waals surface area (Å²) in [7, 11) is 0. The Hall–Kier alpha value is -2.69. The molecule has 2 aromatic carbocycles. The van der Waals surface area contributed by atoms with E-state index < -0.39 is 0 Å². The van der Waals surface area contributed by atoms with E-state index in [0.717, 1.165) is 56.2 Å². The highest BCUT2D eigenvalue weighted by Crippen LogP contribution is 2.40. The summed E-state index contributed by atoms with van der Waals surface area (Å²) in [6, 6.07) is 14.8. The Morgan fingerprint density at radius 2 is 1.79 bits per heavy atom. The fraction of sp³-hybridized carbons (Fsp3) is 0.458. The zero-order chi connectivity index (χ0) is 19.6. The molecule has 1 atom stereocenters. The molecule has 0 aromatic heterocycles. The summed E-state index contributed by atoms with van der Waals surface area (Å²) in [6.07, 6.45) is 3.95. The Balaban J connectivity index is 1.16. The number of amides is 1. The van der Waals surface area contributed by atoms with Crippen LogP contribution in [0.4, 0.5) is 5.69 Å². The van der Waals surface area contributed by atoms with E-state index in [4.69, 9.17) is 9.47 Å². The van der Waals surface area contributed by atoms with Crippen molar-refractivity contribution in [2.24, 2.45) is 0 Å². The Labute approximate surface area is 172 Å². The van der Waals surface area contributed by atoms with Crippen molar-refractivity contribution in [2.75, 3.05) is 44.3 Å². The maximum absolute atomic E-state index is 12.8. The normalized spacial score (nSPS) is 20.5. The molecule has 1 aliphatic carbocycles. The van der Waals surface area contributed by atoms with Crippen LogP contribution in [-0.2, 0) is 11.2 Å². The fourth-order valence-electron chi connectivity index (χ4n) is 4.91.